The van der Waals surface area contributed by atoms with Gasteiger partial charge in [0.05, 0.1) is 5.69 Å². The third-order valence-electron chi connectivity index (χ3n) is 2.31. The zero-order valence-corrected chi connectivity index (χ0v) is 10.1. The van der Waals surface area contributed by atoms with Gasteiger partial charge in [0.25, 0.3) is 0 Å². The summed E-state index contributed by atoms with van der Waals surface area (Å²) < 4.78 is 0. The lowest BCUT2D eigenvalue weighted by molar-refractivity contribution is 1.10. The first-order valence-electron chi connectivity index (χ1n) is 5.29. The van der Waals surface area contributed by atoms with Crippen LogP contribution in [0.5, 0.6) is 0 Å². The van der Waals surface area contributed by atoms with E-state index >= 15 is 0 Å². The molecule has 0 bridgehead atoms. The van der Waals surface area contributed by atoms with E-state index in [1.54, 1.807) is 24.7 Å². The van der Waals surface area contributed by atoms with Crippen LogP contribution in [0.25, 0.3) is 11.2 Å². The average Bonchev–Trinajstić information content (AvgIpc) is 2.41. The second-order valence-electron chi connectivity index (χ2n) is 3.55. The molecule has 6 heteroatoms. The summed E-state index contributed by atoms with van der Waals surface area (Å²) in [4.78, 5) is 17.0. The summed E-state index contributed by atoms with van der Waals surface area (Å²) >= 11 is 1.41. The van der Waals surface area contributed by atoms with E-state index in [4.69, 9.17) is 5.73 Å². The Bertz CT molecular complexity index is 701. The second kappa shape index (κ2) is 4.58. The number of fused-ring (bicyclic) bond motifs is 1. The van der Waals surface area contributed by atoms with Gasteiger partial charge in [-0.05, 0) is 36.0 Å². The zero-order chi connectivity index (χ0) is 12.4. The minimum Gasteiger partial charge on any atom is -0.397 e. The van der Waals surface area contributed by atoms with Crippen LogP contribution in [0.1, 0.15) is 0 Å². The van der Waals surface area contributed by atoms with Crippen LogP contribution in [0.2, 0.25) is 0 Å². The maximum atomic E-state index is 5.84. The van der Waals surface area contributed by atoms with Crippen molar-refractivity contribution in [2.75, 3.05) is 5.73 Å². The largest absolute Gasteiger partial charge is 0.397 e. The van der Waals surface area contributed by atoms with Gasteiger partial charge in [-0.1, -0.05) is 0 Å². The number of hydrogen-bond acceptors (Lipinski definition) is 6. The van der Waals surface area contributed by atoms with Crippen LogP contribution in [-0.2, 0) is 0 Å². The Morgan fingerprint density at radius 3 is 2.72 bits per heavy atom. The number of rotatable bonds is 2. The number of hydrogen-bond donors (Lipinski definition) is 1. The smallest absolute Gasteiger partial charge is 0.179 e. The van der Waals surface area contributed by atoms with Gasteiger partial charge in [0.1, 0.15) is 15.6 Å². The first kappa shape index (κ1) is 10.9. The van der Waals surface area contributed by atoms with Crippen LogP contribution in [0, 0.1) is 0 Å². The summed E-state index contributed by atoms with van der Waals surface area (Å²) in [5.74, 6) is 0. The molecule has 0 aliphatic rings. The standard InChI is InChI=1S/C12H9N5S/c13-8-2-1-5-16-12(8)18-10-4-3-9-11(17-10)15-7-6-14-9/h1-7H,13H2. The molecule has 2 N–H and O–H groups in total. The van der Waals surface area contributed by atoms with E-state index < -0.39 is 0 Å². The lowest BCUT2D eigenvalue weighted by atomic mass is 10.4. The molecule has 0 spiro atoms. The van der Waals surface area contributed by atoms with Gasteiger partial charge in [-0.25, -0.2) is 15.0 Å². The van der Waals surface area contributed by atoms with Crippen molar-refractivity contribution in [3.8, 4) is 0 Å². The fraction of sp³-hybridized carbons (Fsp3) is 0. The predicted octanol–water partition coefficient (Wildman–Crippen LogP) is 2.15. The van der Waals surface area contributed by atoms with Gasteiger partial charge in [0, 0.05) is 18.6 Å². The fourth-order valence-electron chi connectivity index (χ4n) is 1.48. The van der Waals surface area contributed by atoms with Crippen molar-refractivity contribution in [1.29, 1.82) is 0 Å². The summed E-state index contributed by atoms with van der Waals surface area (Å²) in [6.07, 6.45) is 4.98. The molecule has 5 nitrogen and oxygen atoms in total. The maximum Gasteiger partial charge on any atom is 0.179 e. The summed E-state index contributed by atoms with van der Waals surface area (Å²) in [6, 6.07) is 7.39. The maximum absolute atomic E-state index is 5.84. The molecule has 3 aromatic rings. The van der Waals surface area contributed by atoms with E-state index in [0.717, 1.165) is 15.6 Å². The number of anilines is 1. The van der Waals surface area contributed by atoms with Crippen LogP contribution >= 0.6 is 11.8 Å². The van der Waals surface area contributed by atoms with E-state index in [0.29, 0.717) is 11.3 Å². The molecule has 0 fully saturated rings. The molecule has 18 heavy (non-hydrogen) atoms. The van der Waals surface area contributed by atoms with Gasteiger partial charge in [0.2, 0.25) is 0 Å². The molecule has 0 aliphatic carbocycles. The molecule has 0 atom stereocenters. The van der Waals surface area contributed by atoms with E-state index in [-0.39, 0.29) is 0 Å². The SMILES string of the molecule is Nc1cccnc1Sc1ccc2nccnc2n1. The molecule has 88 valence electrons. The Morgan fingerprint density at radius 1 is 0.944 bits per heavy atom. The van der Waals surface area contributed by atoms with E-state index in [2.05, 4.69) is 19.9 Å². The number of pyridine rings is 2. The summed E-state index contributed by atoms with van der Waals surface area (Å²) in [5.41, 5.74) is 7.88. The lowest BCUT2D eigenvalue weighted by Gasteiger charge is -2.03. The van der Waals surface area contributed by atoms with E-state index in [1.165, 1.54) is 11.8 Å². The topological polar surface area (TPSA) is 77.6 Å². The number of nitrogens with zero attached hydrogens (tertiary/aromatic N) is 4. The quantitative estimate of drug-likeness (QED) is 0.756. The molecular weight excluding hydrogens is 246 g/mol. The minimum atomic E-state index is 0.622. The molecule has 0 unspecified atom stereocenters. The highest BCUT2D eigenvalue weighted by molar-refractivity contribution is 7.99. The van der Waals surface area contributed by atoms with E-state index in [1.807, 2.05) is 18.2 Å². The number of nitrogen functional groups attached to an aromatic ring is 1. The van der Waals surface area contributed by atoms with Crippen LogP contribution in [0.3, 0.4) is 0 Å². The first-order valence-corrected chi connectivity index (χ1v) is 6.11. The van der Waals surface area contributed by atoms with Crippen molar-refractivity contribution in [1.82, 2.24) is 19.9 Å². The van der Waals surface area contributed by atoms with Crippen molar-refractivity contribution in [3.63, 3.8) is 0 Å². The lowest BCUT2D eigenvalue weighted by Crippen LogP contribution is -1.92. The van der Waals surface area contributed by atoms with Gasteiger partial charge in [-0.15, -0.1) is 0 Å². The second-order valence-corrected chi connectivity index (χ2v) is 4.56. The molecule has 3 rings (SSSR count). The molecule has 0 aromatic carbocycles. The van der Waals surface area contributed by atoms with Crippen LogP contribution in [0.15, 0.2) is 52.9 Å². The Labute approximate surface area is 108 Å². The van der Waals surface area contributed by atoms with Crippen molar-refractivity contribution >= 4 is 28.6 Å². The monoisotopic (exact) mass is 255 g/mol. The Balaban J connectivity index is 1.98. The molecule has 0 aliphatic heterocycles. The first-order chi connectivity index (χ1) is 8.83. The summed E-state index contributed by atoms with van der Waals surface area (Å²) in [5, 5.41) is 1.54. The minimum absolute atomic E-state index is 0.622. The van der Waals surface area contributed by atoms with Gasteiger partial charge in [-0.3, -0.25) is 4.98 Å². The fourth-order valence-corrected chi connectivity index (χ4v) is 2.25. The molecule has 3 heterocycles. The van der Waals surface area contributed by atoms with Crippen LogP contribution in [-0.4, -0.2) is 19.9 Å². The summed E-state index contributed by atoms with van der Waals surface area (Å²) in [7, 11) is 0. The van der Waals surface area contributed by atoms with Gasteiger partial charge in [0.15, 0.2) is 5.65 Å². The molecule has 0 radical (unpaired) electrons. The van der Waals surface area contributed by atoms with E-state index in [9.17, 15) is 0 Å². The molecule has 0 saturated heterocycles. The van der Waals surface area contributed by atoms with Crippen molar-refractivity contribution in [3.05, 3.63) is 42.9 Å². The molecule has 0 amide bonds. The normalized spacial score (nSPS) is 10.7. The van der Waals surface area contributed by atoms with Crippen molar-refractivity contribution in [2.24, 2.45) is 0 Å². The van der Waals surface area contributed by atoms with Crippen LogP contribution in [0.4, 0.5) is 5.69 Å². The Morgan fingerprint density at radius 2 is 1.83 bits per heavy atom. The summed E-state index contributed by atoms with van der Waals surface area (Å²) in [6.45, 7) is 0. The van der Waals surface area contributed by atoms with Crippen molar-refractivity contribution < 1.29 is 0 Å². The third-order valence-corrected chi connectivity index (χ3v) is 3.28. The molecule has 3 aromatic heterocycles. The Hall–Kier alpha value is -2.21. The highest BCUT2D eigenvalue weighted by Crippen LogP contribution is 2.28. The van der Waals surface area contributed by atoms with Gasteiger partial charge >= 0.3 is 0 Å². The number of nitrogens with two attached hydrogens (primary N) is 1. The highest BCUT2D eigenvalue weighted by Gasteiger charge is 2.05. The Kier molecular flexibility index (Phi) is 2.77. The molecular formula is C12H9N5S. The van der Waals surface area contributed by atoms with Gasteiger partial charge < -0.3 is 5.73 Å². The third kappa shape index (κ3) is 2.10. The van der Waals surface area contributed by atoms with Gasteiger partial charge in [-0.2, -0.15) is 0 Å². The van der Waals surface area contributed by atoms with Crippen molar-refractivity contribution in [2.45, 2.75) is 10.1 Å². The highest BCUT2D eigenvalue weighted by atomic mass is 32.2. The van der Waals surface area contributed by atoms with Crippen LogP contribution < -0.4 is 5.73 Å². The zero-order valence-electron chi connectivity index (χ0n) is 9.32. The predicted molar refractivity (Wildman–Crippen MR) is 70.1 cm³/mol. The number of aromatic nitrogens is 4. The molecule has 0 saturated carbocycles. The average molecular weight is 255 g/mol.